The van der Waals surface area contributed by atoms with E-state index in [1.807, 2.05) is 0 Å². The van der Waals surface area contributed by atoms with Gasteiger partial charge in [-0.3, -0.25) is 0 Å². The Morgan fingerprint density at radius 3 is 2.94 bits per heavy atom. The number of fused-ring (bicyclic) bond motifs is 1. The van der Waals surface area contributed by atoms with Crippen LogP contribution in [0.3, 0.4) is 0 Å². The second-order valence-electron chi connectivity index (χ2n) is 4.36. The maximum Gasteiger partial charge on any atom is 0.178 e. The third-order valence-electron chi connectivity index (χ3n) is 3.02. The highest BCUT2D eigenvalue weighted by Gasteiger charge is 2.14. The van der Waals surface area contributed by atoms with Crippen LogP contribution in [0.15, 0.2) is 18.2 Å². The lowest BCUT2D eigenvalue weighted by Gasteiger charge is -2.18. The van der Waals surface area contributed by atoms with Crippen LogP contribution in [0.2, 0.25) is 0 Å². The van der Waals surface area contributed by atoms with Gasteiger partial charge in [0.2, 0.25) is 0 Å². The molecule has 1 atom stereocenters. The van der Waals surface area contributed by atoms with E-state index in [1.54, 1.807) is 7.11 Å². The minimum Gasteiger partial charge on any atom is -0.383 e. The minimum atomic E-state index is 0.307. The number of nitrogens with zero attached hydrogens (tertiary/aromatic N) is 1. The molecule has 0 aliphatic carbocycles. The Bertz CT molecular complexity index is 584. The van der Waals surface area contributed by atoms with E-state index in [2.05, 4.69) is 57.3 Å². The summed E-state index contributed by atoms with van der Waals surface area (Å²) in [5.74, 6) is 0. The molecule has 1 aromatic carbocycles. The molecular formula is C13H17IN2OS. The average molecular weight is 376 g/mol. The molecule has 1 heterocycles. The van der Waals surface area contributed by atoms with Gasteiger partial charge in [-0.05, 0) is 59.4 Å². The molecule has 1 N–H and O–H groups in total. The summed E-state index contributed by atoms with van der Waals surface area (Å²) in [6.45, 7) is 2.88. The van der Waals surface area contributed by atoms with Crippen molar-refractivity contribution in [2.24, 2.45) is 0 Å². The van der Waals surface area contributed by atoms with Crippen molar-refractivity contribution >= 4 is 45.8 Å². The molecule has 0 aliphatic rings. The molecule has 0 spiro atoms. The largest absolute Gasteiger partial charge is 0.383 e. The molecule has 0 saturated heterocycles. The summed E-state index contributed by atoms with van der Waals surface area (Å²) in [7, 11) is 1.74. The summed E-state index contributed by atoms with van der Waals surface area (Å²) < 4.78 is 9.50. The van der Waals surface area contributed by atoms with Crippen LogP contribution in [0.1, 0.15) is 25.8 Å². The molecule has 2 aromatic rings. The van der Waals surface area contributed by atoms with Crippen LogP contribution in [0, 0.1) is 8.34 Å². The fourth-order valence-electron chi connectivity index (χ4n) is 2.28. The number of imidazole rings is 1. The van der Waals surface area contributed by atoms with Crippen molar-refractivity contribution in [3.05, 3.63) is 26.5 Å². The fourth-order valence-corrected chi connectivity index (χ4v) is 3.13. The van der Waals surface area contributed by atoms with Crippen molar-refractivity contribution in [2.45, 2.75) is 25.8 Å². The van der Waals surface area contributed by atoms with E-state index in [-0.39, 0.29) is 0 Å². The number of aromatic nitrogens is 2. The van der Waals surface area contributed by atoms with Crippen molar-refractivity contribution in [1.29, 1.82) is 0 Å². The Morgan fingerprint density at radius 2 is 2.28 bits per heavy atom. The molecule has 1 aromatic heterocycles. The SMILES string of the molecule is CCCC(COC)n1c(=S)[nH]c2cc(I)ccc21. The van der Waals surface area contributed by atoms with Crippen molar-refractivity contribution in [1.82, 2.24) is 9.55 Å². The van der Waals surface area contributed by atoms with Crippen LogP contribution < -0.4 is 0 Å². The third-order valence-corrected chi connectivity index (χ3v) is 3.99. The zero-order valence-electron chi connectivity index (χ0n) is 10.6. The lowest BCUT2D eigenvalue weighted by molar-refractivity contribution is 0.151. The van der Waals surface area contributed by atoms with E-state index in [0.29, 0.717) is 12.6 Å². The Balaban J connectivity index is 2.54. The van der Waals surface area contributed by atoms with Crippen LogP contribution in [0.5, 0.6) is 0 Å². The molecule has 2 rings (SSSR count). The van der Waals surface area contributed by atoms with Crippen LogP contribution in [0.4, 0.5) is 0 Å². The number of nitrogens with one attached hydrogen (secondary N) is 1. The third kappa shape index (κ3) is 2.78. The summed E-state index contributed by atoms with van der Waals surface area (Å²) in [5, 5.41) is 0. The van der Waals surface area contributed by atoms with Crippen molar-refractivity contribution in [3.8, 4) is 0 Å². The van der Waals surface area contributed by atoms with Crippen molar-refractivity contribution in [2.75, 3.05) is 13.7 Å². The van der Waals surface area contributed by atoms with Crippen molar-refractivity contribution < 1.29 is 4.74 Å². The first-order valence-electron chi connectivity index (χ1n) is 6.06. The van der Waals surface area contributed by atoms with Crippen LogP contribution in [0.25, 0.3) is 11.0 Å². The second kappa shape index (κ2) is 6.16. The Hall–Kier alpha value is -0.400. The quantitative estimate of drug-likeness (QED) is 0.623. The predicted molar refractivity (Wildman–Crippen MR) is 85.7 cm³/mol. The Kier molecular flexibility index (Phi) is 4.80. The molecule has 98 valence electrons. The molecule has 0 radical (unpaired) electrons. The van der Waals surface area contributed by atoms with Gasteiger partial charge >= 0.3 is 0 Å². The number of halogens is 1. The molecule has 0 fully saturated rings. The van der Waals surface area contributed by atoms with E-state index >= 15 is 0 Å². The maximum absolute atomic E-state index is 5.45. The smallest absolute Gasteiger partial charge is 0.178 e. The number of hydrogen-bond acceptors (Lipinski definition) is 2. The lowest BCUT2D eigenvalue weighted by atomic mass is 10.1. The van der Waals surface area contributed by atoms with Crippen LogP contribution in [-0.2, 0) is 4.74 Å². The zero-order valence-corrected chi connectivity index (χ0v) is 13.5. The van der Waals surface area contributed by atoms with Gasteiger partial charge in [-0.25, -0.2) is 0 Å². The topological polar surface area (TPSA) is 29.9 Å². The maximum atomic E-state index is 5.45. The zero-order chi connectivity index (χ0) is 13.1. The molecule has 0 saturated carbocycles. The molecule has 0 amide bonds. The Morgan fingerprint density at radius 1 is 1.50 bits per heavy atom. The number of aromatic amines is 1. The first-order chi connectivity index (χ1) is 8.67. The minimum absolute atomic E-state index is 0.307. The number of methoxy groups -OCH3 is 1. The normalized spacial score (nSPS) is 13.1. The van der Waals surface area contributed by atoms with Gasteiger partial charge < -0.3 is 14.3 Å². The summed E-state index contributed by atoms with van der Waals surface area (Å²) in [6.07, 6.45) is 2.19. The summed E-state index contributed by atoms with van der Waals surface area (Å²) in [6, 6.07) is 6.67. The van der Waals surface area contributed by atoms with Gasteiger partial charge in [-0.2, -0.15) is 0 Å². The highest BCUT2D eigenvalue weighted by atomic mass is 127. The molecule has 0 aliphatic heterocycles. The summed E-state index contributed by atoms with van der Waals surface area (Å²) in [5.41, 5.74) is 2.26. The van der Waals surface area contributed by atoms with E-state index in [9.17, 15) is 0 Å². The number of rotatable bonds is 5. The highest BCUT2D eigenvalue weighted by molar-refractivity contribution is 14.1. The van der Waals surface area contributed by atoms with Gasteiger partial charge in [0.15, 0.2) is 4.77 Å². The van der Waals surface area contributed by atoms with Gasteiger partial charge in [0.25, 0.3) is 0 Å². The molecule has 18 heavy (non-hydrogen) atoms. The van der Waals surface area contributed by atoms with Crippen LogP contribution in [-0.4, -0.2) is 23.3 Å². The fraction of sp³-hybridized carbons (Fsp3) is 0.462. The highest BCUT2D eigenvalue weighted by Crippen LogP contribution is 2.24. The molecule has 3 nitrogen and oxygen atoms in total. The Labute approximate surface area is 126 Å². The van der Waals surface area contributed by atoms with Crippen LogP contribution >= 0.6 is 34.8 Å². The van der Waals surface area contributed by atoms with Gasteiger partial charge in [-0.1, -0.05) is 13.3 Å². The van der Waals surface area contributed by atoms with Gasteiger partial charge in [0.1, 0.15) is 0 Å². The average Bonchev–Trinajstić information content (AvgIpc) is 2.64. The van der Waals surface area contributed by atoms with E-state index in [4.69, 9.17) is 17.0 Å². The monoisotopic (exact) mass is 376 g/mol. The molecule has 5 heteroatoms. The van der Waals surface area contributed by atoms with E-state index in [0.717, 1.165) is 28.6 Å². The number of hydrogen-bond donors (Lipinski definition) is 1. The number of ether oxygens (including phenoxy) is 1. The van der Waals surface area contributed by atoms with Crippen molar-refractivity contribution in [3.63, 3.8) is 0 Å². The molecule has 0 bridgehead atoms. The van der Waals surface area contributed by atoms with E-state index in [1.165, 1.54) is 3.57 Å². The first kappa shape index (κ1) is 14.0. The lowest BCUT2D eigenvalue weighted by Crippen LogP contribution is -2.14. The van der Waals surface area contributed by atoms with E-state index < -0.39 is 0 Å². The summed E-state index contributed by atoms with van der Waals surface area (Å²) >= 11 is 7.76. The molecule has 1 unspecified atom stereocenters. The van der Waals surface area contributed by atoms with Gasteiger partial charge in [0.05, 0.1) is 23.7 Å². The standard InChI is InChI=1S/C13H17IN2OS/c1-3-4-10(8-17-2)16-12-6-5-9(14)7-11(12)15-13(16)18/h5-7,10H,3-4,8H2,1-2H3,(H,15,18). The number of H-pyrrole nitrogens is 1. The second-order valence-corrected chi connectivity index (χ2v) is 5.99. The molecular weight excluding hydrogens is 359 g/mol. The first-order valence-corrected chi connectivity index (χ1v) is 7.54. The summed E-state index contributed by atoms with van der Waals surface area (Å²) in [4.78, 5) is 3.28. The number of benzene rings is 1. The predicted octanol–water partition coefficient (Wildman–Crippen LogP) is 4.29. The van der Waals surface area contributed by atoms with Gasteiger partial charge in [0, 0.05) is 10.7 Å². The van der Waals surface area contributed by atoms with Gasteiger partial charge in [-0.15, -0.1) is 0 Å².